The van der Waals surface area contributed by atoms with Crippen molar-refractivity contribution in [1.82, 2.24) is 4.98 Å². The van der Waals surface area contributed by atoms with Crippen LogP contribution < -0.4 is 10.2 Å². The van der Waals surface area contributed by atoms with Gasteiger partial charge in [-0.05, 0) is 55.5 Å². The molecule has 0 bridgehead atoms. The van der Waals surface area contributed by atoms with E-state index in [9.17, 15) is 9.50 Å². The molecule has 2 aromatic heterocycles. The molecule has 1 unspecified atom stereocenters. The Kier molecular flexibility index (Phi) is 4.78. The van der Waals surface area contributed by atoms with Gasteiger partial charge in [0, 0.05) is 30.5 Å². The van der Waals surface area contributed by atoms with Crippen molar-refractivity contribution in [2.75, 3.05) is 23.3 Å². The minimum absolute atomic E-state index is 0.0553. The van der Waals surface area contributed by atoms with Crippen molar-refractivity contribution in [3.05, 3.63) is 53.3 Å². The molecular formula is C20H22FN3OS. The maximum atomic E-state index is 14.0. The molecule has 1 saturated heterocycles. The zero-order valence-electron chi connectivity index (χ0n) is 14.7. The van der Waals surface area contributed by atoms with Gasteiger partial charge in [-0.2, -0.15) is 0 Å². The van der Waals surface area contributed by atoms with Gasteiger partial charge >= 0.3 is 0 Å². The number of benzene rings is 1. The third-order valence-corrected chi connectivity index (χ3v) is 5.91. The lowest BCUT2D eigenvalue weighted by atomic mass is 10.0. The van der Waals surface area contributed by atoms with E-state index in [2.05, 4.69) is 22.1 Å². The maximum absolute atomic E-state index is 14.0. The van der Waals surface area contributed by atoms with Crippen LogP contribution in [-0.4, -0.2) is 29.3 Å². The molecule has 6 heteroatoms. The third-order valence-electron chi connectivity index (χ3n) is 4.98. The lowest BCUT2D eigenvalue weighted by Gasteiger charge is -2.34. The summed E-state index contributed by atoms with van der Waals surface area (Å²) in [5, 5.41) is 15.3. The number of hydrogen-bond acceptors (Lipinski definition) is 5. The van der Waals surface area contributed by atoms with Crippen LogP contribution in [-0.2, 0) is 0 Å². The number of hydrogen-bond donors (Lipinski definition) is 2. The average Bonchev–Trinajstić information content (AvgIpc) is 3.12. The third kappa shape index (κ3) is 3.39. The molecule has 26 heavy (non-hydrogen) atoms. The molecule has 0 amide bonds. The Morgan fingerprint density at radius 2 is 2.08 bits per heavy atom. The van der Waals surface area contributed by atoms with Crippen molar-refractivity contribution in [2.24, 2.45) is 0 Å². The van der Waals surface area contributed by atoms with Crippen molar-refractivity contribution < 1.29 is 9.50 Å². The Morgan fingerprint density at radius 3 is 2.88 bits per heavy atom. The van der Waals surface area contributed by atoms with Crippen LogP contribution in [0.15, 0.2) is 41.9 Å². The van der Waals surface area contributed by atoms with Gasteiger partial charge in [0.25, 0.3) is 0 Å². The van der Waals surface area contributed by atoms with Crippen LogP contribution in [0.4, 0.5) is 15.8 Å². The van der Waals surface area contributed by atoms with E-state index in [1.807, 2.05) is 23.6 Å². The first-order valence-corrected chi connectivity index (χ1v) is 9.81. The minimum Gasteiger partial charge on any atom is -0.393 e. The summed E-state index contributed by atoms with van der Waals surface area (Å²) < 4.78 is 15.1. The number of fused-ring (bicyclic) bond motifs is 1. The molecular weight excluding hydrogens is 349 g/mol. The van der Waals surface area contributed by atoms with Crippen molar-refractivity contribution in [3.63, 3.8) is 0 Å². The fraction of sp³-hybridized carbons (Fsp3) is 0.350. The zero-order valence-corrected chi connectivity index (χ0v) is 15.5. The van der Waals surface area contributed by atoms with Crippen molar-refractivity contribution in [2.45, 2.75) is 31.9 Å². The number of thiophene rings is 1. The number of pyridine rings is 1. The number of aliphatic hydroxyl groups is 1. The summed E-state index contributed by atoms with van der Waals surface area (Å²) in [6, 6.07) is 8.90. The number of anilines is 2. The first kappa shape index (κ1) is 17.2. The summed E-state index contributed by atoms with van der Waals surface area (Å²) in [5.74, 6) is -0.231. The monoisotopic (exact) mass is 371 g/mol. The fourth-order valence-electron chi connectivity index (χ4n) is 3.57. The molecule has 0 saturated carbocycles. The van der Waals surface area contributed by atoms with Crippen molar-refractivity contribution >= 4 is 32.9 Å². The molecule has 1 aliphatic heterocycles. The first-order valence-electron chi connectivity index (χ1n) is 8.93. The predicted octanol–water partition coefficient (Wildman–Crippen LogP) is 4.57. The SMILES string of the molecule is CC(Nc1ccnc2ccsc12)c1cc(F)ccc1N1CCC(O)CC1. The second kappa shape index (κ2) is 7.21. The summed E-state index contributed by atoms with van der Waals surface area (Å²) in [6.07, 6.45) is 3.06. The molecule has 0 radical (unpaired) electrons. The summed E-state index contributed by atoms with van der Waals surface area (Å²) in [5.41, 5.74) is 3.95. The van der Waals surface area contributed by atoms with E-state index in [1.54, 1.807) is 23.6 Å². The van der Waals surface area contributed by atoms with Crippen LogP contribution in [0.3, 0.4) is 0 Å². The molecule has 1 aromatic carbocycles. The van der Waals surface area contributed by atoms with E-state index >= 15 is 0 Å². The second-order valence-corrected chi connectivity index (χ2v) is 7.70. The standard InChI is InChI=1S/C20H22FN3OS/c1-13(23-18-4-8-22-17-7-11-26-20(17)18)16-12-14(21)2-3-19(16)24-9-5-15(25)6-10-24/h2-4,7-8,11-13,15,25H,5-6,9-10H2,1H3,(H,22,23). The highest BCUT2D eigenvalue weighted by molar-refractivity contribution is 7.17. The van der Waals surface area contributed by atoms with E-state index in [4.69, 9.17) is 0 Å². The summed E-state index contributed by atoms with van der Waals surface area (Å²) in [7, 11) is 0. The molecule has 136 valence electrons. The highest BCUT2D eigenvalue weighted by Crippen LogP contribution is 2.34. The molecule has 4 rings (SSSR count). The van der Waals surface area contributed by atoms with Crippen molar-refractivity contribution in [1.29, 1.82) is 0 Å². The van der Waals surface area contributed by atoms with Crippen LogP contribution >= 0.6 is 11.3 Å². The first-order chi connectivity index (χ1) is 12.6. The van der Waals surface area contributed by atoms with Crippen LogP contribution in [0.2, 0.25) is 0 Å². The second-order valence-electron chi connectivity index (χ2n) is 6.78. The molecule has 0 aliphatic carbocycles. The van der Waals surface area contributed by atoms with E-state index < -0.39 is 0 Å². The van der Waals surface area contributed by atoms with Crippen molar-refractivity contribution in [3.8, 4) is 0 Å². The smallest absolute Gasteiger partial charge is 0.123 e. The van der Waals surface area contributed by atoms with Crippen LogP contribution in [0, 0.1) is 5.82 Å². The summed E-state index contributed by atoms with van der Waals surface area (Å²) >= 11 is 1.65. The molecule has 1 fully saturated rings. The van der Waals surface area contributed by atoms with Gasteiger partial charge in [0.1, 0.15) is 5.82 Å². The Balaban J connectivity index is 1.64. The number of nitrogens with zero attached hydrogens (tertiary/aromatic N) is 2. The quantitative estimate of drug-likeness (QED) is 0.705. The Bertz CT molecular complexity index is 905. The van der Waals surface area contributed by atoms with Gasteiger partial charge in [-0.1, -0.05) is 0 Å². The number of aliphatic hydroxyl groups excluding tert-OH is 1. The Morgan fingerprint density at radius 1 is 1.27 bits per heavy atom. The average molecular weight is 371 g/mol. The Labute approximate surface area is 156 Å². The number of aromatic nitrogens is 1. The lowest BCUT2D eigenvalue weighted by Crippen LogP contribution is -2.36. The van der Waals surface area contributed by atoms with Crippen LogP contribution in [0.25, 0.3) is 10.2 Å². The van der Waals surface area contributed by atoms with Gasteiger partial charge in [0.2, 0.25) is 0 Å². The Hall–Kier alpha value is -2.18. The van der Waals surface area contributed by atoms with Gasteiger partial charge in [0.05, 0.1) is 28.0 Å². The normalized spacial score (nSPS) is 16.8. The van der Waals surface area contributed by atoms with Gasteiger partial charge in [0.15, 0.2) is 0 Å². The molecule has 2 N–H and O–H groups in total. The van der Waals surface area contributed by atoms with E-state index in [0.29, 0.717) is 0 Å². The van der Waals surface area contributed by atoms with E-state index in [-0.39, 0.29) is 18.0 Å². The van der Waals surface area contributed by atoms with Crippen LogP contribution in [0.5, 0.6) is 0 Å². The maximum Gasteiger partial charge on any atom is 0.123 e. The highest BCUT2D eigenvalue weighted by atomic mass is 32.1. The van der Waals surface area contributed by atoms with E-state index in [1.165, 1.54) is 6.07 Å². The fourth-order valence-corrected chi connectivity index (χ4v) is 4.39. The highest BCUT2D eigenvalue weighted by Gasteiger charge is 2.22. The summed E-state index contributed by atoms with van der Waals surface area (Å²) in [6.45, 7) is 3.63. The molecule has 4 nitrogen and oxygen atoms in total. The number of piperidine rings is 1. The number of nitrogens with one attached hydrogen (secondary N) is 1. The van der Waals surface area contributed by atoms with Gasteiger partial charge in [-0.3, -0.25) is 4.98 Å². The molecule has 3 aromatic rings. The molecule has 1 atom stereocenters. The van der Waals surface area contributed by atoms with Crippen LogP contribution in [0.1, 0.15) is 31.4 Å². The molecule has 3 heterocycles. The number of halogens is 1. The minimum atomic E-state index is -0.231. The summed E-state index contributed by atoms with van der Waals surface area (Å²) in [4.78, 5) is 6.62. The zero-order chi connectivity index (χ0) is 18.1. The molecule has 0 spiro atoms. The lowest BCUT2D eigenvalue weighted by molar-refractivity contribution is 0.145. The van der Waals surface area contributed by atoms with Gasteiger partial charge in [-0.15, -0.1) is 11.3 Å². The topological polar surface area (TPSA) is 48.4 Å². The van der Waals surface area contributed by atoms with E-state index in [0.717, 1.165) is 53.1 Å². The van der Waals surface area contributed by atoms with Gasteiger partial charge in [-0.25, -0.2) is 4.39 Å². The largest absolute Gasteiger partial charge is 0.393 e. The molecule has 1 aliphatic rings. The van der Waals surface area contributed by atoms with Gasteiger partial charge < -0.3 is 15.3 Å². The number of rotatable bonds is 4. The predicted molar refractivity (Wildman–Crippen MR) is 106 cm³/mol.